The van der Waals surface area contributed by atoms with Crippen molar-refractivity contribution in [2.75, 3.05) is 17.3 Å². The zero-order chi connectivity index (χ0) is 18.8. The van der Waals surface area contributed by atoms with Crippen LogP contribution in [0.1, 0.15) is 23.5 Å². The van der Waals surface area contributed by atoms with Gasteiger partial charge < -0.3 is 10.2 Å². The summed E-state index contributed by atoms with van der Waals surface area (Å²) in [5.41, 5.74) is 4.26. The largest absolute Gasteiger partial charge is 0.369 e. The first-order chi connectivity index (χ1) is 13.1. The van der Waals surface area contributed by atoms with E-state index in [0.717, 1.165) is 29.9 Å². The normalized spacial score (nSPS) is 18.1. The number of hydrogen-bond acceptors (Lipinski definition) is 3. The van der Waals surface area contributed by atoms with Crippen LogP contribution < -0.4 is 10.2 Å². The number of benzene rings is 2. The second kappa shape index (κ2) is 7.27. The third-order valence-electron chi connectivity index (χ3n) is 5.12. The van der Waals surface area contributed by atoms with Crippen LogP contribution >= 0.6 is 0 Å². The van der Waals surface area contributed by atoms with Gasteiger partial charge in [0.05, 0.1) is 17.6 Å². The van der Waals surface area contributed by atoms with E-state index >= 15 is 0 Å². The summed E-state index contributed by atoms with van der Waals surface area (Å²) >= 11 is 0. The molecule has 0 radical (unpaired) electrons. The molecule has 0 unspecified atom stereocenters. The number of aryl methyl sites for hydroxylation is 1. The number of para-hydroxylation sites is 2. The molecule has 2 aromatic carbocycles. The first kappa shape index (κ1) is 17.3. The van der Waals surface area contributed by atoms with E-state index in [0.29, 0.717) is 0 Å². The van der Waals surface area contributed by atoms with Crippen LogP contribution in [0.15, 0.2) is 67.0 Å². The Morgan fingerprint density at radius 3 is 2.67 bits per heavy atom. The average molecular weight is 360 g/mol. The number of aromatic nitrogens is 2. The minimum absolute atomic E-state index is 0.0293. The molecule has 138 valence electrons. The SMILES string of the molecule is CN(Cc1ccccc1)c1ccccc1NC(=O)[C@@H]1C[C@H]1c1cnn(C)c1. The Morgan fingerprint density at radius 1 is 1.19 bits per heavy atom. The summed E-state index contributed by atoms with van der Waals surface area (Å²) in [5.74, 6) is 0.402. The first-order valence-corrected chi connectivity index (χ1v) is 9.25. The standard InChI is InChI=1S/C22H24N4O/c1-25(14-16-8-4-3-5-9-16)21-11-7-6-10-20(21)24-22(27)19-12-18(19)17-13-23-26(2)15-17/h3-11,13,15,18-19H,12,14H2,1-2H3,(H,24,27)/t18-,19+/m0/s1. The number of hydrogen-bond donors (Lipinski definition) is 1. The molecule has 1 fully saturated rings. The van der Waals surface area contributed by atoms with Gasteiger partial charge in [-0.3, -0.25) is 9.48 Å². The summed E-state index contributed by atoms with van der Waals surface area (Å²) < 4.78 is 1.79. The van der Waals surface area contributed by atoms with Crippen molar-refractivity contribution in [1.82, 2.24) is 9.78 Å². The third kappa shape index (κ3) is 3.87. The lowest BCUT2D eigenvalue weighted by Crippen LogP contribution is -2.21. The lowest BCUT2D eigenvalue weighted by Gasteiger charge is -2.23. The molecule has 0 saturated heterocycles. The van der Waals surface area contributed by atoms with Crippen LogP contribution in [-0.2, 0) is 18.4 Å². The highest BCUT2D eigenvalue weighted by Gasteiger charge is 2.44. The van der Waals surface area contributed by atoms with Crippen molar-refractivity contribution < 1.29 is 4.79 Å². The zero-order valence-electron chi connectivity index (χ0n) is 15.7. The van der Waals surface area contributed by atoms with E-state index in [-0.39, 0.29) is 17.7 Å². The quantitative estimate of drug-likeness (QED) is 0.727. The molecule has 0 bridgehead atoms. The summed E-state index contributed by atoms with van der Waals surface area (Å²) in [6.07, 6.45) is 4.75. The number of amides is 1. The highest BCUT2D eigenvalue weighted by atomic mass is 16.2. The van der Waals surface area contributed by atoms with Gasteiger partial charge in [0.2, 0.25) is 5.91 Å². The molecule has 4 rings (SSSR count). The van der Waals surface area contributed by atoms with Crippen molar-refractivity contribution in [2.45, 2.75) is 18.9 Å². The number of rotatable bonds is 6. The van der Waals surface area contributed by atoms with Crippen molar-refractivity contribution in [3.63, 3.8) is 0 Å². The number of carbonyl (C=O) groups is 1. The zero-order valence-corrected chi connectivity index (χ0v) is 15.7. The van der Waals surface area contributed by atoms with Crippen LogP contribution in [-0.4, -0.2) is 22.7 Å². The number of carbonyl (C=O) groups excluding carboxylic acids is 1. The van der Waals surface area contributed by atoms with Gasteiger partial charge in [0, 0.05) is 32.8 Å². The van der Waals surface area contributed by atoms with Gasteiger partial charge in [-0.2, -0.15) is 5.10 Å². The van der Waals surface area contributed by atoms with E-state index in [9.17, 15) is 4.79 Å². The molecule has 27 heavy (non-hydrogen) atoms. The second-order valence-electron chi connectivity index (χ2n) is 7.24. The molecule has 1 aliphatic rings. The van der Waals surface area contributed by atoms with E-state index in [1.165, 1.54) is 5.56 Å². The molecule has 1 heterocycles. The Labute approximate surface area is 159 Å². The second-order valence-corrected chi connectivity index (χ2v) is 7.24. The molecule has 1 aliphatic carbocycles. The van der Waals surface area contributed by atoms with Crippen molar-refractivity contribution in [3.8, 4) is 0 Å². The van der Waals surface area contributed by atoms with Crippen LogP contribution in [0.3, 0.4) is 0 Å². The summed E-state index contributed by atoms with van der Waals surface area (Å²) in [6.45, 7) is 0.787. The minimum Gasteiger partial charge on any atom is -0.369 e. The van der Waals surface area contributed by atoms with Crippen molar-refractivity contribution in [1.29, 1.82) is 0 Å². The summed E-state index contributed by atoms with van der Waals surface area (Å²) in [4.78, 5) is 14.9. The van der Waals surface area contributed by atoms with Crippen LogP contribution in [0, 0.1) is 5.92 Å². The van der Waals surface area contributed by atoms with E-state index in [4.69, 9.17) is 0 Å². The number of anilines is 2. The van der Waals surface area contributed by atoms with Gasteiger partial charge in [0.1, 0.15) is 0 Å². The maximum absolute atomic E-state index is 12.7. The molecule has 1 amide bonds. The van der Waals surface area contributed by atoms with Gasteiger partial charge >= 0.3 is 0 Å². The van der Waals surface area contributed by atoms with Gasteiger partial charge in [-0.25, -0.2) is 0 Å². The van der Waals surface area contributed by atoms with Gasteiger partial charge in [0.25, 0.3) is 0 Å². The highest BCUT2D eigenvalue weighted by Crippen LogP contribution is 2.48. The minimum atomic E-state index is 0.0293. The molecule has 2 atom stereocenters. The van der Waals surface area contributed by atoms with Crippen molar-refractivity contribution in [3.05, 3.63) is 78.1 Å². The molecule has 1 N–H and O–H groups in total. The summed E-state index contributed by atoms with van der Waals surface area (Å²) in [5, 5.41) is 7.35. The van der Waals surface area contributed by atoms with Gasteiger partial charge in [-0.1, -0.05) is 42.5 Å². The Morgan fingerprint density at radius 2 is 1.93 bits per heavy atom. The number of nitrogens with zero attached hydrogens (tertiary/aromatic N) is 3. The van der Waals surface area contributed by atoms with Crippen molar-refractivity contribution >= 4 is 17.3 Å². The van der Waals surface area contributed by atoms with Gasteiger partial charge in [0.15, 0.2) is 0 Å². The smallest absolute Gasteiger partial charge is 0.228 e. The molecule has 3 aromatic rings. The summed E-state index contributed by atoms with van der Waals surface area (Å²) in [7, 11) is 3.95. The van der Waals surface area contributed by atoms with Gasteiger partial charge in [-0.15, -0.1) is 0 Å². The van der Waals surface area contributed by atoms with E-state index in [1.54, 1.807) is 4.68 Å². The molecule has 0 aliphatic heterocycles. The summed E-state index contributed by atoms with van der Waals surface area (Å²) in [6, 6.07) is 18.3. The van der Waals surface area contributed by atoms with Crippen LogP contribution in [0.5, 0.6) is 0 Å². The molecule has 5 nitrogen and oxygen atoms in total. The highest BCUT2D eigenvalue weighted by molar-refractivity contribution is 5.98. The molecule has 1 aromatic heterocycles. The fourth-order valence-corrected chi connectivity index (χ4v) is 3.56. The first-order valence-electron chi connectivity index (χ1n) is 9.25. The molecular weight excluding hydrogens is 336 g/mol. The molecular formula is C22H24N4O. The van der Waals surface area contributed by atoms with Crippen LogP contribution in [0.25, 0.3) is 0 Å². The van der Waals surface area contributed by atoms with E-state index in [1.807, 2.05) is 69.0 Å². The maximum atomic E-state index is 12.7. The van der Waals surface area contributed by atoms with Crippen LogP contribution in [0.4, 0.5) is 11.4 Å². The fourth-order valence-electron chi connectivity index (χ4n) is 3.56. The molecule has 5 heteroatoms. The third-order valence-corrected chi connectivity index (χ3v) is 5.12. The fraction of sp³-hybridized carbons (Fsp3) is 0.273. The molecule has 1 saturated carbocycles. The Hall–Kier alpha value is -3.08. The van der Waals surface area contributed by atoms with E-state index < -0.39 is 0 Å². The number of nitrogens with one attached hydrogen (secondary N) is 1. The maximum Gasteiger partial charge on any atom is 0.228 e. The predicted octanol–water partition coefficient (Wildman–Crippen LogP) is 3.80. The Kier molecular flexibility index (Phi) is 4.67. The predicted molar refractivity (Wildman–Crippen MR) is 108 cm³/mol. The average Bonchev–Trinajstić information content (AvgIpc) is 3.37. The topological polar surface area (TPSA) is 50.2 Å². The van der Waals surface area contributed by atoms with Crippen LogP contribution in [0.2, 0.25) is 0 Å². The lowest BCUT2D eigenvalue weighted by molar-refractivity contribution is -0.117. The molecule has 0 spiro atoms. The van der Waals surface area contributed by atoms with Gasteiger partial charge in [-0.05, 0) is 35.6 Å². The Bertz CT molecular complexity index is 934. The van der Waals surface area contributed by atoms with E-state index in [2.05, 4.69) is 27.4 Å². The van der Waals surface area contributed by atoms with Crippen molar-refractivity contribution in [2.24, 2.45) is 13.0 Å². The monoisotopic (exact) mass is 360 g/mol. The lowest BCUT2D eigenvalue weighted by atomic mass is 10.1. The Balaban J connectivity index is 1.44.